The second-order valence-corrected chi connectivity index (χ2v) is 7.26. The number of benzene rings is 2. The van der Waals surface area contributed by atoms with E-state index < -0.39 is 21.0 Å². The van der Waals surface area contributed by atoms with Crippen molar-refractivity contribution in [1.82, 2.24) is 4.72 Å². The van der Waals surface area contributed by atoms with Gasteiger partial charge in [0.05, 0.1) is 16.4 Å². The van der Waals surface area contributed by atoms with E-state index in [0.29, 0.717) is 17.9 Å². The number of rotatable bonds is 7. The standard InChI is InChI=1S/C17H20N2O5S/c1-4-24-15-8-6-14(7-9-15)13(3)18-25(22,23)16-10-5-12(2)17(11-16)19(20)21/h5-11,13,18H,4H2,1-3H3/t13-/m0/s1. The van der Waals surface area contributed by atoms with Gasteiger partial charge in [-0.2, -0.15) is 0 Å². The SMILES string of the molecule is CCOc1ccc([C@H](C)NS(=O)(=O)c2ccc(C)c([N+](=O)[O-])c2)cc1. The van der Waals surface area contributed by atoms with Crippen LogP contribution < -0.4 is 9.46 Å². The Bertz CT molecular complexity index is 863. The lowest BCUT2D eigenvalue weighted by molar-refractivity contribution is -0.385. The van der Waals surface area contributed by atoms with Crippen molar-refractivity contribution in [3.63, 3.8) is 0 Å². The summed E-state index contributed by atoms with van der Waals surface area (Å²) < 4.78 is 32.9. The van der Waals surface area contributed by atoms with Gasteiger partial charge in [-0.25, -0.2) is 13.1 Å². The summed E-state index contributed by atoms with van der Waals surface area (Å²) in [6.07, 6.45) is 0. The van der Waals surface area contributed by atoms with E-state index in [1.54, 1.807) is 38.1 Å². The van der Waals surface area contributed by atoms with E-state index in [0.717, 1.165) is 11.6 Å². The Labute approximate surface area is 146 Å². The maximum Gasteiger partial charge on any atom is 0.273 e. The van der Waals surface area contributed by atoms with Gasteiger partial charge in [-0.05, 0) is 44.5 Å². The van der Waals surface area contributed by atoms with Gasteiger partial charge in [-0.3, -0.25) is 10.1 Å². The minimum Gasteiger partial charge on any atom is -0.494 e. The first kappa shape index (κ1) is 18.9. The molecule has 0 aromatic heterocycles. The van der Waals surface area contributed by atoms with Crippen LogP contribution in [0.3, 0.4) is 0 Å². The summed E-state index contributed by atoms with van der Waals surface area (Å²) in [7, 11) is -3.89. The van der Waals surface area contributed by atoms with Crippen LogP contribution in [0.2, 0.25) is 0 Å². The molecule has 0 saturated heterocycles. The van der Waals surface area contributed by atoms with Crippen molar-refractivity contribution < 1.29 is 18.1 Å². The first-order valence-electron chi connectivity index (χ1n) is 7.74. The Morgan fingerprint density at radius 2 is 1.84 bits per heavy atom. The molecule has 0 unspecified atom stereocenters. The van der Waals surface area contributed by atoms with Crippen molar-refractivity contribution in [3.05, 3.63) is 63.7 Å². The van der Waals surface area contributed by atoms with Crippen molar-refractivity contribution in [2.75, 3.05) is 6.61 Å². The predicted molar refractivity (Wildman–Crippen MR) is 94.2 cm³/mol. The van der Waals surface area contributed by atoms with Crippen molar-refractivity contribution in [3.8, 4) is 5.75 Å². The molecule has 8 heteroatoms. The third-order valence-corrected chi connectivity index (χ3v) is 5.25. The Morgan fingerprint density at radius 1 is 1.20 bits per heavy atom. The van der Waals surface area contributed by atoms with Gasteiger partial charge >= 0.3 is 0 Å². The molecule has 0 amide bonds. The lowest BCUT2D eigenvalue weighted by Gasteiger charge is -2.15. The number of nitrogens with zero attached hydrogens (tertiary/aromatic N) is 1. The summed E-state index contributed by atoms with van der Waals surface area (Å²) in [4.78, 5) is 10.3. The van der Waals surface area contributed by atoms with Gasteiger partial charge < -0.3 is 4.74 Å². The van der Waals surface area contributed by atoms with Gasteiger partial charge in [0.25, 0.3) is 5.69 Å². The number of nitro groups is 1. The molecule has 0 aliphatic rings. The second-order valence-electron chi connectivity index (χ2n) is 5.55. The molecule has 1 atom stereocenters. The molecule has 0 bridgehead atoms. The largest absolute Gasteiger partial charge is 0.494 e. The smallest absolute Gasteiger partial charge is 0.273 e. The Morgan fingerprint density at radius 3 is 2.40 bits per heavy atom. The van der Waals surface area contributed by atoms with Crippen LogP contribution in [0.4, 0.5) is 5.69 Å². The number of nitro benzene ring substituents is 1. The van der Waals surface area contributed by atoms with Gasteiger partial charge in [0.15, 0.2) is 0 Å². The molecule has 0 aliphatic heterocycles. The molecule has 0 spiro atoms. The van der Waals surface area contributed by atoms with Crippen molar-refractivity contribution in [1.29, 1.82) is 0 Å². The number of ether oxygens (including phenoxy) is 1. The molecule has 7 nitrogen and oxygen atoms in total. The van der Waals surface area contributed by atoms with Gasteiger partial charge in [0.1, 0.15) is 5.75 Å². The maximum atomic E-state index is 12.5. The monoisotopic (exact) mass is 364 g/mol. The van der Waals surface area contributed by atoms with Crippen LogP contribution in [0.1, 0.15) is 31.0 Å². The summed E-state index contributed by atoms with van der Waals surface area (Å²) in [5, 5.41) is 11.0. The molecule has 25 heavy (non-hydrogen) atoms. The lowest BCUT2D eigenvalue weighted by atomic mass is 10.1. The molecule has 0 saturated carbocycles. The van der Waals surface area contributed by atoms with E-state index in [9.17, 15) is 18.5 Å². The molecule has 0 radical (unpaired) electrons. The van der Waals surface area contributed by atoms with E-state index in [1.165, 1.54) is 12.1 Å². The number of nitrogens with one attached hydrogen (secondary N) is 1. The van der Waals surface area contributed by atoms with Crippen molar-refractivity contribution in [2.24, 2.45) is 0 Å². The third-order valence-electron chi connectivity index (χ3n) is 3.71. The minimum atomic E-state index is -3.89. The summed E-state index contributed by atoms with van der Waals surface area (Å²) in [5.41, 5.74) is 0.939. The minimum absolute atomic E-state index is 0.136. The summed E-state index contributed by atoms with van der Waals surface area (Å²) in [5.74, 6) is 0.704. The summed E-state index contributed by atoms with van der Waals surface area (Å²) in [6.45, 7) is 5.69. The predicted octanol–water partition coefficient (Wildman–Crippen LogP) is 3.34. The Hall–Kier alpha value is -2.45. The lowest BCUT2D eigenvalue weighted by Crippen LogP contribution is -2.27. The zero-order chi connectivity index (χ0) is 18.6. The quantitative estimate of drug-likeness (QED) is 0.600. The topological polar surface area (TPSA) is 98.5 Å². The van der Waals surface area contributed by atoms with Gasteiger partial charge in [-0.15, -0.1) is 0 Å². The summed E-state index contributed by atoms with van der Waals surface area (Å²) in [6, 6.07) is 10.4. The Balaban J connectivity index is 2.23. The third kappa shape index (κ3) is 4.55. The fraction of sp³-hybridized carbons (Fsp3) is 0.294. The molecule has 0 heterocycles. The Kier molecular flexibility index (Phi) is 5.76. The number of hydrogen-bond acceptors (Lipinski definition) is 5. The van der Waals surface area contributed by atoms with Crippen LogP contribution >= 0.6 is 0 Å². The second kappa shape index (κ2) is 7.62. The van der Waals surface area contributed by atoms with Gasteiger partial charge in [0, 0.05) is 17.7 Å². The number of aryl methyl sites for hydroxylation is 1. The van der Waals surface area contributed by atoms with Crippen molar-refractivity contribution >= 4 is 15.7 Å². The fourth-order valence-corrected chi connectivity index (χ4v) is 3.59. The zero-order valence-corrected chi connectivity index (χ0v) is 15.0. The highest BCUT2D eigenvalue weighted by atomic mass is 32.2. The molecule has 0 fully saturated rings. The van der Waals surface area contributed by atoms with Gasteiger partial charge in [-0.1, -0.05) is 18.2 Å². The molecule has 0 aliphatic carbocycles. The highest BCUT2D eigenvalue weighted by molar-refractivity contribution is 7.89. The molecular weight excluding hydrogens is 344 g/mol. The molecular formula is C17H20N2O5S. The van der Waals surface area contributed by atoms with E-state index >= 15 is 0 Å². The first-order valence-corrected chi connectivity index (χ1v) is 9.23. The van der Waals surface area contributed by atoms with Crippen LogP contribution in [-0.2, 0) is 10.0 Å². The summed E-state index contributed by atoms with van der Waals surface area (Å²) >= 11 is 0. The zero-order valence-electron chi connectivity index (χ0n) is 14.2. The molecule has 2 aromatic rings. The fourth-order valence-electron chi connectivity index (χ4n) is 2.34. The molecule has 2 rings (SSSR count). The van der Waals surface area contributed by atoms with E-state index in [-0.39, 0.29) is 10.6 Å². The average molecular weight is 364 g/mol. The van der Waals surface area contributed by atoms with E-state index in [1.807, 2.05) is 6.92 Å². The molecule has 1 N–H and O–H groups in total. The van der Waals surface area contributed by atoms with Crippen LogP contribution in [0.15, 0.2) is 47.4 Å². The number of hydrogen-bond donors (Lipinski definition) is 1. The normalized spacial score (nSPS) is 12.6. The molecule has 2 aromatic carbocycles. The highest BCUT2D eigenvalue weighted by Crippen LogP contribution is 2.24. The van der Waals surface area contributed by atoms with E-state index in [2.05, 4.69) is 4.72 Å². The van der Waals surface area contributed by atoms with Gasteiger partial charge in [0.2, 0.25) is 10.0 Å². The van der Waals surface area contributed by atoms with Crippen LogP contribution in [0.5, 0.6) is 5.75 Å². The number of sulfonamides is 1. The van der Waals surface area contributed by atoms with Crippen molar-refractivity contribution in [2.45, 2.75) is 31.7 Å². The average Bonchev–Trinajstić information content (AvgIpc) is 2.55. The van der Waals surface area contributed by atoms with Crippen LogP contribution in [-0.4, -0.2) is 19.9 Å². The van der Waals surface area contributed by atoms with Crippen LogP contribution in [0, 0.1) is 17.0 Å². The van der Waals surface area contributed by atoms with Crippen LogP contribution in [0.25, 0.3) is 0 Å². The van der Waals surface area contributed by atoms with E-state index in [4.69, 9.17) is 4.74 Å². The molecule has 134 valence electrons. The maximum absolute atomic E-state index is 12.5. The highest BCUT2D eigenvalue weighted by Gasteiger charge is 2.22. The first-order chi connectivity index (χ1) is 11.7.